The molecule has 0 saturated carbocycles. The van der Waals surface area contributed by atoms with Gasteiger partial charge < -0.3 is 19.5 Å². The van der Waals surface area contributed by atoms with Crippen molar-refractivity contribution in [2.24, 2.45) is 0 Å². The minimum Gasteiger partial charge on any atom is -0.497 e. The van der Waals surface area contributed by atoms with E-state index in [1.54, 1.807) is 35.0 Å². The molecule has 0 unspecified atom stereocenters. The summed E-state index contributed by atoms with van der Waals surface area (Å²) in [5.41, 5.74) is 2.04. The van der Waals surface area contributed by atoms with Crippen molar-refractivity contribution in [2.45, 2.75) is 19.3 Å². The largest absolute Gasteiger partial charge is 0.497 e. The van der Waals surface area contributed by atoms with Gasteiger partial charge in [-0.05, 0) is 29.8 Å². The highest BCUT2D eigenvalue weighted by atomic mass is 19.1. The van der Waals surface area contributed by atoms with Crippen LogP contribution in [0.1, 0.15) is 27.8 Å². The Morgan fingerprint density at radius 1 is 1.21 bits per heavy atom. The van der Waals surface area contributed by atoms with Crippen LogP contribution in [0.5, 0.6) is 11.5 Å². The summed E-state index contributed by atoms with van der Waals surface area (Å²) in [6, 6.07) is 11.2. The van der Waals surface area contributed by atoms with Gasteiger partial charge in [0.15, 0.2) is 5.69 Å². The average molecular weight is 398 g/mol. The SMILES string of the molecule is COc1ccc(OC)c(NC(=O)c2nnn3c2CO[C@H](c2ccc(F)cc2)C3)c1. The maximum Gasteiger partial charge on any atom is 0.278 e. The summed E-state index contributed by atoms with van der Waals surface area (Å²) < 4.78 is 31.1. The summed E-state index contributed by atoms with van der Waals surface area (Å²) >= 11 is 0. The van der Waals surface area contributed by atoms with Gasteiger partial charge in [-0.3, -0.25) is 4.79 Å². The molecule has 0 radical (unpaired) electrons. The minimum absolute atomic E-state index is 0.160. The third-order valence-electron chi connectivity index (χ3n) is 4.71. The highest BCUT2D eigenvalue weighted by Crippen LogP contribution is 2.30. The van der Waals surface area contributed by atoms with Crippen molar-refractivity contribution < 1.29 is 23.4 Å². The van der Waals surface area contributed by atoms with Crippen molar-refractivity contribution in [3.05, 3.63) is 65.2 Å². The van der Waals surface area contributed by atoms with E-state index in [1.165, 1.54) is 26.4 Å². The van der Waals surface area contributed by atoms with E-state index < -0.39 is 5.91 Å². The van der Waals surface area contributed by atoms with Crippen molar-refractivity contribution in [1.82, 2.24) is 15.0 Å². The molecular weight excluding hydrogens is 379 g/mol. The molecule has 0 saturated heterocycles. The zero-order chi connectivity index (χ0) is 20.4. The third-order valence-corrected chi connectivity index (χ3v) is 4.71. The molecular formula is C20H19FN4O4. The number of rotatable bonds is 5. The fraction of sp³-hybridized carbons (Fsp3) is 0.250. The fourth-order valence-corrected chi connectivity index (χ4v) is 3.16. The number of halogens is 1. The van der Waals surface area contributed by atoms with Crippen LogP contribution >= 0.6 is 0 Å². The number of nitrogens with one attached hydrogen (secondary N) is 1. The molecule has 2 heterocycles. The minimum atomic E-state index is -0.429. The van der Waals surface area contributed by atoms with Crippen LogP contribution in [0, 0.1) is 5.82 Å². The molecule has 29 heavy (non-hydrogen) atoms. The number of nitrogens with zero attached hydrogens (tertiary/aromatic N) is 3. The first-order valence-electron chi connectivity index (χ1n) is 8.92. The Morgan fingerprint density at radius 2 is 2.00 bits per heavy atom. The molecule has 0 fully saturated rings. The Morgan fingerprint density at radius 3 is 2.72 bits per heavy atom. The number of fused-ring (bicyclic) bond motifs is 1. The van der Waals surface area contributed by atoms with E-state index in [4.69, 9.17) is 14.2 Å². The van der Waals surface area contributed by atoms with Gasteiger partial charge in [-0.25, -0.2) is 9.07 Å². The van der Waals surface area contributed by atoms with Gasteiger partial charge in [0.2, 0.25) is 0 Å². The van der Waals surface area contributed by atoms with Gasteiger partial charge in [0.05, 0.1) is 38.8 Å². The van der Waals surface area contributed by atoms with Crippen LogP contribution in [0.4, 0.5) is 10.1 Å². The number of benzene rings is 2. The summed E-state index contributed by atoms with van der Waals surface area (Å²) in [5.74, 6) is 0.337. The molecule has 4 rings (SSSR count). The van der Waals surface area contributed by atoms with Crippen LogP contribution in [-0.4, -0.2) is 35.1 Å². The lowest BCUT2D eigenvalue weighted by Gasteiger charge is -2.24. The first kappa shape index (κ1) is 18.9. The molecule has 1 N–H and O–H groups in total. The Balaban J connectivity index is 1.53. The lowest BCUT2D eigenvalue weighted by molar-refractivity contribution is -0.00174. The number of carbonyl (C=O) groups excluding carboxylic acids is 1. The molecule has 1 atom stereocenters. The molecule has 0 aliphatic carbocycles. The molecule has 1 amide bonds. The Labute approximate surface area is 166 Å². The Hall–Kier alpha value is -3.46. The maximum atomic E-state index is 13.1. The quantitative estimate of drug-likeness (QED) is 0.711. The lowest BCUT2D eigenvalue weighted by Crippen LogP contribution is -2.24. The van der Waals surface area contributed by atoms with E-state index in [9.17, 15) is 9.18 Å². The van der Waals surface area contributed by atoms with Gasteiger partial charge in [-0.15, -0.1) is 5.10 Å². The second kappa shape index (κ2) is 7.88. The lowest BCUT2D eigenvalue weighted by atomic mass is 10.1. The topological polar surface area (TPSA) is 87.5 Å². The molecule has 8 nitrogen and oxygen atoms in total. The Kier molecular flexibility index (Phi) is 5.13. The molecule has 9 heteroatoms. The summed E-state index contributed by atoms with van der Waals surface area (Å²) in [7, 11) is 3.05. The van der Waals surface area contributed by atoms with Gasteiger partial charge in [-0.2, -0.15) is 0 Å². The van der Waals surface area contributed by atoms with Crippen LogP contribution < -0.4 is 14.8 Å². The Bertz CT molecular complexity index is 1040. The molecule has 2 aromatic carbocycles. The van der Waals surface area contributed by atoms with Crippen molar-refractivity contribution in [3.8, 4) is 11.5 Å². The predicted molar refractivity (Wildman–Crippen MR) is 101 cm³/mol. The van der Waals surface area contributed by atoms with Crippen molar-refractivity contribution in [1.29, 1.82) is 0 Å². The van der Waals surface area contributed by atoms with Gasteiger partial charge in [-0.1, -0.05) is 17.3 Å². The predicted octanol–water partition coefficient (Wildman–Crippen LogP) is 2.96. The normalized spacial score (nSPS) is 15.5. The number of anilines is 1. The van der Waals surface area contributed by atoms with Crippen LogP contribution in [0.2, 0.25) is 0 Å². The van der Waals surface area contributed by atoms with Crippen LogP contribution in [0.25, 0.3) is 0 Å². The molecule has 0 bridgehead atoms. The molecule has 1 aromatic heterocycles. The van der Waals surface area contributed by atoms with Crippen LogP contribution in [0.15, 0.2) is 42.5 Å². The number of hydrogen-bond acceptors (Lipinski definition) is 6. The molecule has 150 valence electrons. The average Bonchev–Trinajstić information content (AvgIpc) is 3.17. The van der Waals surface area contributed by atoms with Gasteiger partial charge in [0, 0.05) is 6.07 Å². The van der Waals surface area contributed by atoms with Gasteiger partial charge >= 0.3 is 0 Å². The van der Waals surface area contributed by atoms with Crippen LogP contribution in [-0.2, 0) is 17.9 Å². The summed E-state index contributed by atoms with van der Waals surface area (Å²) in [6.45, 7) is 0.538. The molecule has 1 aliphatic heterocycles. The highest BCUT2D eigenvalue weighted by Gasteiger charge is 2.28. The molecule has 0 spiro atoms. The maximum absolute atomic E-state index is 13.1. The number of amides is 1. The van der Waals surface area contributed by atoms with Crippen molar-refractivity contribution in [3.63, 3.8) is 0 Å². The smallest absolute Gasteiger partial charge is 0.278 e. The number of hydrogen-bond donors (Lipinski definition) is 1. The summed E-state index contributed by atoms with van der Waals surface area (Å²) in [4.78, 5) is 12.8. The second-order valence-electron chi connectivity index (χ2n) is 6.44. The molecule has 3 aromatic rings. The summed E-state index contributed by atoms with van der Waals surface area (Å²) in [6.07, 6.45) is -0.292. The zero-order valence-electron chi connectivity index (χ0n) is 15.9. The number of ether oxygens (including phenoxy) is 3. The first-order valence-corrected chi connectivity index (χ1v) is 8.92. The fourth-order valence-electron chi connectivity index (χ4n) is 3.16. The van der Waals surface area contributed by atoms with E-state index in [0.717, 1.165) is 5.56 Å². The number of methoxy groups -OCH3 is 2. The van der Waals surface area contributed by atoms with Gasteiger partial charge in [0.25, 0.3) is 5.91 Å². The van der Waals surface area contributed by atoms with E-state index in [0.29, 0.717) is 29.4 Å². The second-order valence-corrected chi connectivity index (χ2v) is 6.44. The standard InChI is InChI=1S/C20H19FN4O4/c1-27-14-7-8-17(28-2)15(9-14)22-20(26)19-16-11-29-18(10-25(16)24-23-19)12-3-5-13(21)6-4-12/h3-9,18H,10-11H2,1-2H3,(H,22,26)/t18-/m0/s1. The summed E-state index contributed by atoms with van der Waals surface area (Å²) in [5, 5.41) is 10.9. The van der Waals surface area contributed by atoms with E-state index >= 15 is 0 Å². The van der Waals surface area contributed by atoms with Crippen LogP contribution in [0.3, 0.4) is 0 Å². The first-order chi connectivity index (χ1) is 14.1. The number of carbonyl (C=O) groups is 1. The highest BCUT2D eigenvalue weighted by molar-refractivity contribution is 6.04. The third kappa shape index (κ3) is 3.77. The monoisotopic (exact) mass is 398 g/mol. The van der Waals surface area contributed by atoms with E-state index in [1.807, 2.05) is 0 Å². The van der Waals surface area contributed by atoms with E-state index in [-0.39, 0.29) is 24.2 Å². The number of aromatic nitrogens is 3. The van der Waals surface area contributed by atoms with Crippen molar-refractivity contribution >= 4 is 11.6 Å². The van der Waals surface area contributed by atoms with Gasteiger partial charge in [0.1, 0.15) is 23.4 Å². The van der Waals surface area contributed by atoms with E-state index in [2.05, 4.69) is 15.6 Å². The zero-order valence-corrected chi connectivity index (χ0v) is 15.9. The molecule has 1 aliphatic rings. The van der Waals surface area contributed by atoms with Crippen molar-refractivity contribution in [2.75, 3.05) is 19.5 Å².